The van der Waals surface area contributed by atoms with Gasteiger partial charge < -0.3 is 14.5 Å². The number of hydrogen-bond donors (Lipinski definition) is 1. The standard InChI is InChI=1S/C19H21N3O2/c1-3-24-17-9-5-4-8-15(17)21-19(23)12-11-16-14(2)20-18-10-6-7-13-22(16)18/h4-10,13H,3,11-12H2,1-2H3,(H,21,23). The molecule has 5 nitrogen and oxygen atoms in total. The first kappa shape index (κ1) is 16.1. The van der Waals surface area contributed by atoms with E-state index in [1.54, 1.807) is 0 Å². The van der Waals surface area contributed by atoms with Crippen LogP contribution in [0.5, 0.6) is 5.75 Å². The van der Waals surface area contributed by atoms with Crippen molar-refractivity contribution in [2.75, 3.05) is 11.9 Å². The maximum atomic E-state index is 12.3. The number of amides is 1. The number of fused-ring (bicyclic) bond motifs is 1. The molecule has 0 aliphatic rings. The minimum absolute atomic E-state index is 0.0348. The molecule has 1 amide bonds. The van der Waals surface area contributed by atoms with E-state index in [9.17, 15) is 4.79 Å². The minimum atomic E-state index is -0.0348. The van der Waals surface area contributed by atoms with E-state index in [2.05, 4.69) is 10.3 Å². The van der Waals surface area contributed by atoms with Gasteiger partial charge in [-0.3, -0.25) is 4.79 Å². The molecule has 0 spiro atoms. The second-order valence-corrected chi connectivity index (χ2v) is 5.55. The van der Waals surface area contributed by atoms with Crippen molar-refractivity contribution in [2.45, 2.75) is 26.7 Å². The lowest BCUT2D eigenvalue weighted by atomic mass is 10.2. The topological polar surface area (TPSA) is 55.6 Å². The SMILES string of the molecule is CCOc1ccccc1NC(=O)CCc1c(C)nc2ccccn12. The third-order valence-electron chi connectivity index (χ3n) is 3.88. The number of para-hydroxylation sites is 2. The zero-order valence-electron chi connectivity index (χ0n) is 14.0. The second-order valence-electron chi connectivity index (χ2n) is 5.55. The number of carbonyl (C=O) groups excluding carboxylic acids is 1. The van der Waals surface area contributed by atoms with Gasteiger partial charge in [0.1, 0.15) is 11.4 Å². The van der Waals surface area contributed by atoms with Crippen molar-refractivity contribution in [3.63, 3.8) is 0 Å². The van der Waals surface area contributed by atoms with Crippen LogP contribution in [0.4, 0.5) is 5.69 Å². The Balaban J connectivity index is 1.68. The molecule has 24 heavy (non-hydrogen) atoms. The molecular formula is C19H21N3O2. The van der Waals surface area contributed by atoms with E-state index in [1.807, 2.05) is 66.9 Å². The number of pyridine rings is 1. The molecule has 124 valence electrons. The van der Waals surface area contributed by atoms with Crippen LogP contribution in [0, 0.1) is 6.92 Å². The molecular weight excluding hydrogens is 302 g/mol. The van der Waals surface area contributed by atoms with Gasteiger partial charge in [-0.05, 0) is 44.5 Å². The third-order valence-corrected chi connectivity index (χ3v) is 3.88. The number of hydrogen-bond acceptors (Lipinski definition) is 3. The highest BCUT2D eigenvalue weighted by molar-refractivity contribution is 5.92. The highest BCUT2D eigenvalue weighted by Gasteiger charge is 2.12. The van der Waals surface area contributed by atoms with Crippen LogP contribution in [0.15, 0.2) is 48.7 Å². The molecule has 0 saturated carbocycles. The Morgan fingerprint density at radius 1 is 1.21 bits per heavy atom. The summed E-state index contributed by atoms with van der Waals surface area (Å²) in [6, 6.07) is 13.4. The van der Waals surface area contributed by atoms with Crippen LogP contribution in [-0.2, 0) is 11.2 Å². The first-order valence-corrected chi connectivity index (χ1v) is 8.13. The molecule has 3 rings (SSSR count). The van der Waals surface area contributed by atoms with E-state index in [1.165, 1.54) is 0 Å². The molecule has 2 aromatic heterocycles. The van der Waals surface area contributed by atoms with Gasteiger partial charge >= 0.3 is 0 Å². The summed E-state index contributed by atoms with van der Waals surface area (Å²) >= 11 is 0. The Hall–Kier alpha value is -2.82. The maximum Gasteiger partial charge on any atom is 0.224 e. The average molecular weight is 323 g/mol. The van der Waals surface area contributed by atoms with Gasteiger partial charge in [0.15, 0.2) is 0 Å². The zero-order chi connectivity index (χ0) is 16.9. The van der Waals surface area contributed by atoms with Crippen LogP contribution in [-0.4, -0.2) is 21.9 Å². The molecule has 0 aliphatic carbocycles. The second kappa shape index (κ2) is 7.17. The Morgan fingerprint density at radius 3 is 2.83 bits per heavy atom. The fourth-order valence-electron chi connectivity index (χ4n) is 2.76. The molecule has 5 heteroatoms. The number of imidazole rings is 1. The van der Waals surface area contributed by atoms with Gasteiger partial charge in [-0.15, -0.1) is 0 Å². The van der Waals surface area contributed by atoms with Crippen molar-refractivity contribution in [1.29, 1.82) is 0 Å². The number of rotatable bonds is 6. The quantitative estimate of drug-likeness (QED) is 0.754. The zero-order valence-corrected chi connectivity index (χ0v) is 14.0. The smallest absolute Gasteiger partial charge is 0.224 e. The Kier molecular flexibility index (Phi) is 4.79. The largest absolute Gasteiger partial charge is 0.492 e. The summed E-state index contributed by atoms with van der Waals surface area (Å²) in [5, 5.41) is 2.93. The monoisotopic (exact) mass is 323 g/mol. The number of anilines is 1. The van der Waals surface area contributed by atoms with Gasteiger partial charge in [0.25, 0.3) is 0 Å². The summed E-state index contributed by atoms with van der Waals surface area (Å²) in [6.07, 6.45) is 3.01. The summed E-state index contributed by atoms with van der Waals surface area (Å²) < 4.78 is 7.57. The normalized spacial score (nSPS) is 10.8. The van der Waals surface area contributed by atoms with E-state index in [0.717, 1.165) is 17.0 Å². The Morgan fingerprint density at radius 2 is 2.00 bits per heavy atom. The van der Waals surface area contributed by atoms with Crippen molar-refractivity contribution in [3.8, 4) is 5.75 Å². The maximum absolute atomic E-state index is 12.3. The van der Waals surface area contributed by atoms with Crippen molar-refractivity contribution < 1.29 is 9.53 Å². The number of carbonyl (C=O) groups is 1. The van der Waals surface area contributed by atoms with Crippen LogP contribution in [0.25, 0.3) is 5.65 Å². The summed E-state index contributed by atoms with van der Waals surface area (Å²) in [5.74, 6) is 0.659. The van der Waals surface area contributed by atoms with E-state index in [4.69, 9.17) is 4.74 Å². The summed E-state index contributed by atoms with van der Waals surface area (Å²) in [5.41, 5.74) is 3.65. The third kappa shape index (κ3) is 3.40. The molecule has 1 N–H and O–H groups in total. The predicted molar refractivity (Wildman–Crippen MR) is 94.5 cm³/mol. The summed E-state index contributed by atoms with van der Waals surface area (Å²) in [7, 11) is 0. The van der Waals surface area contributed by atoms with Crippen molar-refractivity contribution in [1.82, 2.24) is 9.38 Å². The lowest BCUT2D eigenvalue weighted by Gasteiger charge is -2.11. The highest BCUT2D eigenvalue weighted by atomic mass is 16.5. The first-order valence-electron chi connectivity index (χ1n) is 8.13. The molecule has 0 saturated heterocycles. The Labute approximate surface area is 141 Å². The highest BCUT2D eigenvalue weighted by Crippen LogP contribution is 2.24. The van der Waals surface area contributed by atoms with Gasteiger partial charge in [-0.25, -0.2) is 4.98 Å². The lowest BCUT2D eigenvalue weighted by Crippen LogP contribution is -2.14. The molecule has 2 heterocycles. The van der Waals surface area contributed by atoms with Gasteiger partial charge in [-0.1, -0.05) is 18.2 Å². The molecule has 0 radical (unpaired) electrons. The lowest BCUT2D eigenvalue weighted by molar-refractivity contribution is -0.116. The van der Waals surface area contributed by atoms with E-state index >= 15 is 0 Å². The molecule has 0 unspecified atom stereocenters. The van der Waals surface area contributed by atoms with Crippen molar-refractivity contribution in [3.05, 3.63) is 60.0 Å². The van der Waals surface area contributed by atoms with Gasteiger partial charge in [0.2, 0.25) is 5.91 Å². The minimum Gasteiger partial charge on any atom is -0.492 e. The van der Waals surface area contributed by atoms with E-state index < -0.39 is 0 Å². The van der Waals surface area contributed by atoms with Gasteiger partial charge in [0.05, 0.1) is 18.0 Å². The van der Waals surface area contributed by atoms with Crippen molar-refractivity contribution in [2.24, 2.45) is 0 Å². The predicted octanol–water partition coefficient (Wildman–Crippen LogP) is 3.61. The fourth-order valence-corrected chi connectivity index (χ4v) is 2.76. The van der Waals surface area contributed by atoms with Gasteiger partial charge in [-0.2, -0.15) is 0 Å². The van der Waals surface area contributed by atoms with Crippen LogP contribution in [0.3, 0.4) is 0 Å². The summed E-state index contributed by atoms with van der Waals surface area (Å²) in [4.78, 5) is 16.8. The van der Waals surface area contributed by atoms with Crippen LogP contribution >= 0.6 is 0 Å². The average Bonchev–Trinajstić information content (AvgIpc) is 2.90. The first-order chi connectivity index (χ1) is 11.7. The number of aromatic nitrogens is 2. The number of nitrogens with zero attached hydrogens (tertiary/aromatic N) is 2. The van der Waals surface area contributed by atoms with E-state index in [0.29, 0.717) is 30.9 Å². The number of benzene rings is 1. The molecule has 1 aromatic carbocycles. The fraction of sp³-hybridized carbons (Fsp3) is 0.263. The Bertz CT molecular complexity index is 855. The molecule has 0 aliphatic heterocycles. The number of ether oxygens (including phenoxy) is 1. The summed E-state index contributed by atoms with van der Waals surface area (Å²) in [6.45, 7) is 4.46. The van der Waals surface area contributed by atoms with Crippen molar-refractivity contribution >= 4 is 17.2 Å². The number of aryl methyl sites for hydroxylation is 2. The van der Waals surface area contributed by atoms with E-state index in [-0.39, 0.29) is 5.91 Å². The van der Waals surface area contributed by atoms with Crippen LogP contribution < -0.4 is 10.1 Å². The van der Waals surface area contributed by atoms with Crippen LogP contribution in [0.2, 0.25) is 0 Å². The van der Waals surface area contributed by atoms with Gasteiger partial charge in [0, 0.05) is 18.3 Å². The molecule has 0 fully saturated rings. The molecule has 0 bridgehead atoms. The molecule has 0 atom stereocenters. The molecule has 3 aromatic rings. The number of nitrogens with one attached hydrogen (secondary N) is 1. The van der Waals surface area contributed by atoms with Crippen LogP contribution in [0.1, 0.15) is 24.7 Å².